The number of hydrogen-bond acceptors (Lipinski definition) is 4. The molecule has 0 radical (unpaired) electrons. The predicted octanol–water partition coefficient (Wildman–Crippen LogP) is 6.07. The second-order valence-corrected chi connectivity index (χ2v) is 7.90. The van der Waals surface area contributed by atoms with E-state index in [0.717, 1.165) is 17.6 Å². The van der Waals surface area contributed by atoms with E-state index >= 15 is 0 Å². The molecule has 1 aromatic heterocycles. The minimum atomic E-state index is -0.260. The van der Waals surface area contributed by atoms with Gasteiger partial charge in [-0.2, -0.15) is 4.80 Å². The third-order valence-corrected chi connectivity index (χ3v) is 5.41. The van der Waals surface area contributed by atoms with Crippen LogP contribution in [0.25, 0.3) is 16.7 Å². The van der Waals surface area contributed by atoms with Crippen molar-refractivity contribution in [3.8, 4) is 11.4 Å². The highest BCUT2D eigenvalue weighted by Crippen LogP contribution is 2.26. The number of unbranched alkanes of at least 4 members (excludes halogenated alkanes) is 1. The van der Waals surface area contributed by atoms with Crippen molar-refractivity contribution in [1.29, 1.82) is 0 Å². The van der Waals surface area contributed by atoms with Gasteiger partial charge in [0.2, 0.25) is 0 Å². The maximum atomic E-state index is 12.7. The lowest BCUT2D eigenvalue weighted by Gasteiger charge is -2.08. The van der Waals surface area contributed by atoms with Crippen LogP contribution >= 0.6 is 11.6 Å². The summed E-state index contributed by atoms with van der Waals surface area (Å²) in [7, 11) is 0. The number of hydrogen-bond donors (Lipinski definition) is 1. The minimum absolute atomic E-state index is 0.260. The van der Waals surface area contributed by atoms with E-state index in [0.29, 0.717) is 34.1 Å². The molecule has 0 aliphatic heterocycles. The summed E-state index contributed by atoms with van der Waals surface area (Å²) in [6.07, 6.45) is 3.44. The fraction of sp³-hybridized carbons (Fsp3) is 0.240. The van der Waals surface area contributed by atoms with Crippen LogP contribution in [0.3, 0.4) is 0 Å². The molecule has 4 rings (SSSR count). The monoisotopic (exact) mass is 448 g/mol. The highest BCUT2D eigenvalue weighted by molar-refractivity contribution is 6.32. The van der Waals surface area contributed by atoms with Gasteiger partial charge < -0.3 is 10.1 Å². The lowest BCUT2D eigenvalue weighted by molar-refractivity contribution is 0.102. The number of halogens is 1. The zero-order valence-electron chi connectivity index (χ0n) is 18.1. The van der Waals surface area contributed by atoms with Crippen LogP contribution in [0, 0.1) is 0 Å². The molecule has 0 aliphatic rings. The Balaban J connectivity index is 1.50. The number of rotatable bonds is 8. The minimum Gasteiger partial charge on any atom is -0.492 e. The Bertz CT molecular complexity index is 1230. The van der Waals surface area contributed by atoms with E-state index in [2.05, 4.69) is 34.6 Å². The molecule has 0 saturated carbocycles. The Morgan fingerprint density at radius 1 is 1.00 bits per heavy atom. The van der Waals surface area contributed by atoms with Crippen LogP contribution in [0.15, 0.2) is 60.7 Å². The third kappa shape index (κ3) is 4.92. The van der Waals surface area contributed by atoms with E-state index < -0.39 is 0 Å². The van der Waals surface area contributed by atoms with Crippen LogP contribution in [0.4, 0.5) is 5.69 Å². The number of aromatic nitrogens is 3. The van der Waals surface area contributed by atoms with E-state index in [1.807, 2.05) is 37.3 Å². The summed E-state index contributed by atoms with van der Waals surface area (Å²) in [6, 6.07) is 18.7. The lowest BCUT2D eigenvalue weighted by Crippen LogP contribution is -2.11. The summed E-state index contributed by atoms with van der Waals surface area (Å²) in [5.41, 5.74) is 4.74. The molecule has 0 atom stereocenters. The van der Waals surface area contributed by atoms with Crippen LogP contribution in [0.2, 0.25) is 5.02 Å². The summed E-state index contributed by atoms with van der Waals surface area (Å²) >= 11 is 6.20. The van der Waals surface area contributed by atoms with Crippen LogP contribution < -0.4 is 10.1 Å². The summed E-state index contributed by atoms with van der Waals surface area (Å²) < 4.78 is 5.42. The van der Waals surface area contributed by atoms with Crippen molar-refractivity contribution in [3.63, 3.8) is 0 Å². The first kappa shape index (κ1) is 21.8. The van der Waals surface area contributed by atoms with Crippen molar-refractivity contribution in [2.75, 3.05) is 11.9 Å². The standard InChI is InChI=1S/C25H25ClN4O2/c1-3-5-6-17-7-11-20(12-8-17)30-28-22-13-10-19(16-23(22)29-30)27-25(31)18-9-14-24(32-4-2)21(26)15-18/h7-16H,3-6H2,1-2H3,(H,27,31). The van der Waals surface area contributed by atoms with E-state index in [1.165, 1.54) is 18.4 Å². The number of nitrogens with one attached hydrogen (secondary N) is 1. The zero-order valence-corrected chi connectivity index (χ0v) is 18.9. The summed E-state index contributed by atoms with van der Waals surface area (Å²) in [6.45, 7) is 4.58. The summed E-state index contributed by atoms with van der Waals surface area (Å²) in [5, 5.41) is 12.4. The molecule has 0 fully saturated rings. The molecule has 1 N–H and O–H groups in total. The molecule has 0 bridgehead atoms. The summed E-state index contributed by atoms with van der Waals surface area (Å²) in [4.78, 5) is 14.3. The van der Waals surface area contributed by atoms with Gasteiger partial charge in [0.25, 0.3) is 5.91 Å². The number of fused-ring (bicyclic) bond motifs is 1. The maximum absolute atomic E-state index is 12.7. The SMILES string of the molecule is CCCCc1ccc(-n2nc3ccc(NC(=O)c4ccc(OCC)c(Cl)c4)cc3n2)cc1. The highest BCUT2D eigenvalue weighted by Gasteiger charge is 2.12. The topological polar surface area (TPSA) is 69.0 Å². The number of aryl methyl sites for hydroxylation is 1. The quantitative estimate of drug-likeness (QED) is 0.355. The zero-order chi connectivity index (χ0) is 22.5. The normalized spacial score (nSPS) is 11.0. The van der Waals surface area contributed by atoms with Gasteiger partial charge in [0.15, 0.2) is 0 Å². The van der Waals surface area contributed by atoms with Crippen LogP contribution in [-0.2, 0) is 6.42 Å². The molecular formula is C25H25ClN4O2. The summed E-state index contributed by atoms with van der Waals surface area (Å²) in [5.74, 6) is 0.298. The van der Waals surface area contributed by atoms with Gasteiger partial charge in [0.05, 0.1) is 17.3 Å². The molecule has 1 heterocycles. The number of ether oxygens (including phenoxy) is 1. The highest BCUT2D eigenvalue weighted by atomic mass is 35.5. The molecule has 7 heteroatoms. The smallest absolute Gasteiger partial charge is 0.255 e. The van der Waals surface area contributed by atoms with Crippen molar-refractivity contribution < 1.29 is 9.53 Å². The Morgan fingerprint density at radius 2 is 1.78 bits per heavy atom. The molecule has 0 saturated heterocycles. The van der Waals surface area contributed by atoms with Crippen LogP contribution in [-0.4, -0.2) is 27.5 Å². The van der Waals surface area contributed by atoms with E-state index in [4.69, 9.17) is 16.3 Å². The van der Waals surface area contributed by atoms with Gasteiger partial charge in [-0.25, -0.2) is 0 Å². The van der Waals surface area contributed by atoms with Crippen molar-refractivity contribution in [2.45, 2.75) is 33.1 Å². The number of carbonyl (C=O) groups excluding carboxylic acids is 1. The Kier molecular flexibility index (Phi) is 6.71. The number of carbonyl (C=O) groups is 1. The molecule has 1 amide bonds. The average molecular weight is 449 g/mol. The fourth-order valence-electron chi connectivity index (χ4n) is 3.40. The molecular weight excluding hydrogens is 424 g/mol. The maximum Gasteiger partial charge on any atom is 0.255 e. The first-order valence-corrected chi connectivity index (χ1v) is 11.1. The van der Waals surface area contributed by atoms with Gasteiger partial charge in [-0.3, -0.25) is 4.79 Å². The van der Waals surface area contributed by atoms with Crippen molar-refractivity contribution in [2.24, 2.45) is 0 Å². The van der Waals surface area contributed by atoms with E-state index in [9.17, 15) is 4.79 Å². The Labute approximate surface area is 192 Å². The number of benzene rings is 3. The van der Waals surface area contributed by atoms with Crippen molar-refractivity contribution >= 4 is 34.2 Å². The van der Waals surface area contributed by atoms with Gasteiger partial charge in [-0.15, -0.1) is 10.2 Å². The Hall–Kier alpha value is -3.38. The number of anilines is 1. The molecule has 4 aromatic rings. The predicted molar refractivity (Wildman–Crippen MR) is 128 cm³/mol. The second-order valence-electron chi connectivity index (χ2n) is 7.50. The molecule has 164 valence electrons. The number of nitrogens with zero attached hydrogens (tertiary/aromatic N) is 3. The van der Waals surface area contributed by atoms with Crippen LogP contribution in [0.5, 0.6) is 5.75 Å². The van der Waals surface area contributed by atoms with Crippen LogP contribution in [0.1, 0.15) is 42.6 Å². The molecule has 32 heavy (non-hydrogen) atoms. The van der Waals surface area contributed by atoms with Crippen molar-refractivity contribution in [1.82, 2.24) is 15.0 Å². The van der Waals surface area contributed by atoms with Crippen molar-refractivity contribution in [3.05, 3.63) is 76.8 Å². The molecule has 3 aromatic carbocycles. The molecule has 0 aliphatic carbocycles. The van der Waals surface area contributed by atoms with Gasteiger partial charge in [0.1, 0.15) is 16.8 Å². The van der Waals surface area contributed by atoms with Gasteiger partial charge in [-0.1, -0.05) is 37.1 Å². The van der Waals surface area contributed by atoms with E-state index in [-0.39, 0.29) is 5.91 Å². The van der Waals surface area contributed by atoms with Gasteiger partial charge >= 0.3 is 0 Å². The van der Waals surface area contributed by atoms with Gasteiger partial charge in [0, 0.05) is 11.3 Å². The molecule has 6 nitrogen and oxygen atoms in total. The average Bonchev–Trinajstić information content (AvgIpc) is 3.23. The second kappa shape index (κ2) is 9.83. The Morgan fingerprint density at radius 3 is 2.50 bits per heavy atom. The first-order chi connectivity index (χ1) is 15.6. The van der Waals surface area contributed by atoms with Gasteiger partial charge in [-0.05, 0) is 73.9 Å². The first-order valence-electron chi connectivity index (χ1n) is 10.8. The molecule has 0 unspecified atom stereocenters. The molecule has 0 spiro atoms. The lowest BCUT2D eigenvalue weighted by atomic mass is 10.1. The largest absolute Gasteiger partial charge is 0.492 e. The van der Waals surface area contributed by atoms with E-state index in [1.54, 1.807) is 23.0 Å². The number of amides is 1. The fourth-order valence-corrected chi connectivity index (χ4v) is 3.64. The third-order valence-electron chi connectivity index (χ3n) is 5.12.